The normalized spacial score (nSPS) is 11.7. The molecule has 1 heterocycles. The topological polar surface area (TPSA) is 85.9 Å². The molecule has 0 unspecified atom stereocenters. The molecule has 5 nitrogen and oxygen atoms in total. The fraction of sp³-hybridized carbons (Fsp3) is 0.200. The summed E-state index contributed by atoms with van der Waals surface area (Å²) in [6.07, 6.45) is 3.15. The fourth-order valence-corrected chi connectivity index (χ4v) is 4.07. The van der Waals surface area contributed by atoms with Gasteiger partial charge in [0, 0.05) is 11.1 Å². The zero-order valence-electron chi connectivity index (χ0n) is 15.0. The molecule has 2 N–H and O–H groups in total. The van der Waals surface area contributed by atoms with Gasteiger partial charge in [0.2, 0.25) is 0 Å². The lowest BCUT2D eigenvalue weighted by Crippen LogP contribution is -2.15. The molecule has 3 aromatic rings. The number of rotatable bonds is 4. The molecule has 0 aliphatic rings. The van der Waals surface area contributed by atoms with Crippen LogP contribution < -0.4 is 5.73 Å². The third-order valence-corrected chi connectivity index (χ3v) is 6.51. The van der Waals surface area contributed by atoms with Crippen molar-refractivity contribution < 1.29 is 8.42 Å². The third-order valence-electron chi connectivity index (χ3n) is 4.30. The van der Waals surface area contributed by atoms with E-state index >= 15 is 0 Å². The summed E-state index contributed by atoms with van der Waals surface area (Å²) in [5.41, 5.74) is 9.81. The summed E-state index contributed by atoms with van der Waals surface area (Å²) in [6.45, 7) is 5.36. The molecule has 2 aromatic carbocycles. The van der Waals surface area contributed by atoms with Crippen molar-refractivity contribution in [1.29, 1.82) is 0 Å². The Morgan fingerprint density at radius 3 is 2.31 bits per heavy atom. The first-order chi connectivity index (χ1) is 12.3. The second kappa shape index (κ2) is 6.88. The maximum Gasteiger partial charge on any atom is 0.181 e. The van der Waals surface area contributed by atoms with Gasteiger partial charge in [0.25, 0.3) is 0 Å². The zero-order chi connectivity index (χ0) is 18.9. The van der Waals surface area contributed by atoms with Crippen LogP contribution in [-0.2, 0) is 9.84 Å². The zero-order valence-corrected chi connectivity index (χ0v) is 15.8. The van der Waals surface area contributed by atoms with Crippen molar-refractivity contribution in [1.82, 2.24) is 9.97 Å². The molecule has 0 bridgehead atoms. The number of anilines is 1. The monoisotopic (exact) mass is 367 g/mol. The number of hydrogen-bond acceptors (Lipinski definition) is 5. The van der Waals surface area contributed by atoms with E-state index in [0.717, 1.165) is 22.4 Å². The second-order valence-electron chi connectivity index (χ2n) is 6.45. The maximum absolute atomic E-state index is 12.7. The Hall–Kier alpha value is -2.73. The molecule has 0 saturated carbocycles. The standard InChI is InChI=1S/C20H21N3O2S/c1-13(2)26(24,25)19-7-5-4-6-17(19)15-8-9-16(14(3)10-15)18-11-23-20(21)12-22-18/h4-13H,1-3H3,(H2,21,23). The Kier molecular flexibility index (Phi) is 4.78. The van der Waals surface area contributed by atoms with Gasteiger partial charge in [-0.3, -0.25) is 4.98 Å². The molecule has 134 valence electrons. The highest BCUT2D eigenvalue weighted by Gasteiger charge is 2.23. The first-order valence-corrected chi connectivity index (χ1v) is 9.87. The van der Waals surface area contributed by atoms with E-state index in [2.05, 4.69) is 9.97 Å². The quantitative estimate of drug-likeness (QED) is 0.756. The minimum Gasteiger partial charge on any atom is -0.382 e. The van der Waals surface area contributed by atoms with Crippen molar-refractivity contribution in [2.24, 2.45) is 0 Å². The molecule has 0 saturated heterocycles. The Morgan fingerprint density at radius 1 is 0.962 bits per heavy atom. The summed E-state index contributed by atoms with van der Waals surface area (Å²) in [5, 5.41) is -0.478. The van der Waals surface area contributed by atoms with Crippen molar-refractivity contribution in [2.45, 2.75) is 30.9 Å². The van der Waals surface area contributed by atoms with Crippen molar-refractivity contribution in [3.05, 3.63) is 60.4 Å². The second-order valence-corrected chi connectivity index (χ2v) is 8.92. The van der Waals surface area contributed by atoms with Crippen LogP contribution in [0.2, 0.25) is 0 Å². The van der Waals surface area contributed by atoms with E-state index in [1.807, 2.05) is 37.3 Å². The van der Waals surface area contributed by atoms with Gasteiger partial charge in [-0.1, -0.05) is 36.4 Å². The summed E-state index contributed by atoms with van der Waals surface area (Å²) in [6, 6.07) is 12.9. The van der Waals surface area contributed by atoms with Crippen molar-refractivity contribution in [3.63, 3.8) is 0 Å². The molecule has 3 rings (SSSR count). The van der Waals surface area contributed by atoms with Gasteiger partial charge >= 0.3 is 0 Å². The van der Waals surface area contributed by atoms with E-state index in [-0.39, 0.29) is 0 Å². The minimum atomic E-state index is -3.37. The summed E-state index contributed by atoms with van der Waals surface area (Å²) < 4.78 is 25.4. The van der Waals surface area contributed by atoms with Gasteiger partial charge < -0.3 is 5.73 Å². The lowest BCUT2D eigenvalue weighted by Gasteiger charge is -2.14. The van der Waals surface area contributed by atoms with Crippen LogP contribution >= 0.6 is 0 Å². The molecular formula is C20H21N3O2S. The Morgan fingerprint density at radius 2 is 1.69 bits per heavy atom. The van der Waals surface area contributed by atoms with Gasteiger partial charge in [-0.2, -0.15) is 0 Å². The number of nitrogen functional groups attached to an aromatic ring is 1. The smallest absolute Gasteiger partial charge is 0.181 e. The van der Waals surface area contributed by atoms with E-state index in [9.17, 15) is 8.42 Å². The molecule has 0 radical (unpaired) electrons. The van der Waals surface area contributed by atoms with Gasteiger partial charge in [0.15, 0.2) is 9.84 Å². The number of nitrogens with zero attached hydrogens (tertiary/aromatic N) is 2. The van der Waals surface area contributed by atoms with Crippen LogP contribution in [0.15, 0.2) is 59.8 Å². The van der Waals surface area contributed by atoms with E-state index in [4.69, 9.17) is 5.73 Å². The number of sulfone groups is 1. The molecule has 0 aliphatic heterocycles. The lowest BCUT2D eigenvalue weighted by atomic mass is 9.98. The SMILES string of the molecule is Cc1cc(-c2ccccc2S(=O)(=O)C(C)C)ccc1-c1cnc(N)cn1. The van der Waals surface area contributed by atoms with Crippen molar-refractivity contribution >= 4 is 15.7 Å². The van der Waals surface area contributed by atoms with Gasteiger partial charge in [-0.25, -0.2) is 13.4 Å². The summed E-state index contributed by atoms with van der Waals surface area (Å²) in [4.78, 5) is 8.74. The Bertz CT molecular complexity index is 1040. The molecule has 0 fully saturated rings. The van der Waals surface area contributed by atoms with Gasteiger partial charge in [-0.15, -0.1) is 0 Å². The van der Waals surface area contributed by atoms with Crippen LogP contribution in [0.5, 0.6) is 0 Å². The van der Waals surface area contributed by atoms with Crippen LogP contribution in [0.1, 0.15) is 19.4 Å². The Labute approximate surface area is 153 Å². The summed E-state index contributed by atoms with van der Waals surface area (Å²) in [7, 11) is -3.37. The summed E-state index contributed by atoms with van der Waals surface area (Å²) >= 11 is 0. The number of nitrogens with two attached hydrogens (primary N) is 1. The average molecular weight is 367 g/mol. The molecule has 0 amide bonds. The first-order valence-electron chi connectivity index (χ1n) is 8.32. The molecule has 0 spiro atoms. The van der Waals surface area contributed by atoms with E-state index in [0.29, 0.717) is 16.3 Å². The molecule has 1 aromatic heterocycles. The number of aryl methyl sites for hydroxylation is 1. The maximum atomic E-state index is 12.7. The van der Waals surface area contributed by atoms with Crippen LogP contribution in [-0.4, -0.2) is 23.6 Å². The number of hydrogen-bond donors (Lipinski definition) is 1. The largest absolute Gasteiger partial charge is 0.382 e. The van der Waals surface area contributed by atoms with E-state index < -0.39 is 15.1 Å². The Balaban J connectivity index is 2.10. The highest BCUT2D eigenvalue weighted by atomic mass is 32.2. The highest BCUT2D eigenvalue weighted by molar-refractivity contribution is 7.92. The van der Waals surface area contributed by atoms with Crippen molar-refractivity contribution in [2.75, 3.05) is 5.73 Å². The molecule has 0 aliphatic carbocycles. The van der Waals surface area contributed by atoms with Gasteiger partial charge in [0.05, 0.1) is 28.2 Å². The lowest BCUT2D eigenvalue weighted by molar-refractivity contribution is 0.587. The molecule has 6 heteroatoms. The van der Waals surface area contributed by atoms with E-state index in [1.165, 1.54) is 6.20 Å². The fourth-order valence-electron chi connectivity index (χ4n) is 2.80. The highest BCUT2D eigenvalue weighted by Crippen LogP contribution is 2.32. The van der Waals surface area contributed by atoms with Crippen LogP contribution in [0.4, 0.5) is 5.82 Å². The average Bonchev–Trinajstić information content (AvgIpc) is 2.62. The first kappa shape index (κ1) is 18.1. The summed E-state index contributed by atoms with van der Waals surface area (Å²) in [5.74, 6) is 0.371. The van der Waals surface area contributed by atoms with Gasteiger partial charge in [-0.05, 0) is 38.0 Å². The molecule has 26 heavy (non-hydrogen) atoms. The molecule has 0 atom stereocenters. The van der Waals surface area contributed by atoms with E-state index in [1.54, 1.807) is 32.2 Å². The predicted octanol–water partition coefficient (Wildman–Crippen LogP) is 3.88. The number of aromatic nitrogens is 2. The molecular weight excluding hydrogens is 346 g/mol. The minimum absolute atomic E-state index is 0.356. The third kappa shape index (κ3) is 3.32. The van der Waals surface area contributed by atoms with Gasteiger partial charge in [0.1, 0.15) is 5.82 Å². The van der Waals surface area contributed by atoms with Crippen LogP contribution in [0, 0.1) is 6.92 Å². The predicted molar refractivity (Wildman–Crippen MR) is 104 cm³/mol. The van der Waals surface area contributed by atoms with Crippen LogP contribution in [0.3, 0.4) is 0 Å². The van der Waals surface area contributed by atoms with Crippen molar-refractivity contribution in [3.8, 4) is 22.4 Å². The number of benzene rings is 2. The van der Waals surface area contributed by atoms with Crippen LogP contribution in [0.25, 0.3) is 22.4 Å².